The molecule has 0 radical (unpaired) electrons. The first-order valence-electron chi connectivity index (χ1n) is 5.95. The molecule has 0 saturated heterocycles. The highest BCUT2D eigenvalue weighted by atomic mass is 32.2. The molecule has 1 aliphatic rings. The van der Waals surface area contributed by atoms with E-state index in [2.05, 4.69) is 30.3 Å². The van der Waals surface area contributed by atoms with Crippen molar-refractivity contribution in [2.45, 2.75) is 0 Å². The number of methoxy groups -OCH3 is 1. The summed E-state index contributed by atoms with van der Waals surface area (Å²) in [6, 6.07) is 0. The lowest BCUT2D eigenvalue weighted by Gasteiger charge is -2.12. The third-order valence-corrected chi connectivity index (χ3v) is 3.25. The largest absolute Gasteiger partial charge is 0.490 e. The van der Waals surface area contributed by atoms with E-state index in [0.717, 1.165) is 10.8 Å². The molecule has 0 saturated carbocycles. The molecule has 0 aromatic heterocycles. The van der Waals surface area contributed by atoms with Crippen molar-refractivity contribution in [2.24, 2.45) is 10.9 Å². The first-order valence-corrected chi connectivity index (χ1v) is 6.94. The molecular formula is C15H19NO2S. The Kier molecular flexibility index (Phi) is 7.51. The van der Waals surface area contributed by atoms with E-state index in [4.69, 9.17) is 9.47 Å². The monoisotopic (exact) mass is 277 g/mol. The average molecular weight is 277 g/mol. The van der Waals surface area contributed by atoms with E-state index in [1.807, 2.05) is 18.2 Å². The fourth-order valence-corrected chi connectivity index (χ4v) is 2.07. The van der Waals surface area contributed by atoms with Gasteiger partial charge >= 0.3 is 0 Å². The van der Waals surface area contributed by atoms with E-state index >= 15 is 0 Å². The molecule has 19 heavy (non-hydrogen) atoms. The Labute approximate surface area is 119 Å². The molecule has 0 heterocycles. The molecule has 0 spiro atoms. The van der Waals surface area contributed by atoms with Crippen LogP contribution in [0.25, 0.3) is 0 Å². The minimum Gasteiger partial charge on any atom is -0.490 e. The maximum Gasteiger partial charge on any atom is 0.174 e. The summed E-state index contributed by atoms with van der Waals surface area (Å²) in [5.74, 6) is 1.72. The average Bonchev–Trinajstić information content (AvgIpc) is 2.94. The van der Waals surface area contributed by atoms with Gasteiger partial charge in [0.25, 0.3) is 0 Å². The zero-order valence-corrected chi connectivity index (χ0v) is 11.9. The van der Waals surface area contributed by atoms with Gasteiger partial charge in [0, 0.05) is 11.7 Å². The summed E-state index contributed by atoms with van der Waals surface area (Å²) in [5.41, 5.74) is 0. The van der Waals surface area contributed by atoms with Crippen molar-refractivity contribution in [3.63, 3.8) is 0 Å². The van der Waals surface area contributed by atoms with Gasteiger partial charge in [-0.1, -0.05) is 48.7 Å². The van der Waals surface area contributed by atoms with Crippen LogP contribution < -0.4 is 0 Å². The number of rotatable bonds is 9. The molecule has 0 aromatic rings. The van der Waals surface area contributed by atoms with Crippen LogP contribution in [0.3, 0.4) is 0 Å². The van der Waals surface area contributed by atoms with Crippen molar-refractivity contribution in [1.82, 2.24) is 0 Å². The lowest BCUT2D eigenvalue weighted by atomic mass is 10.2. The molecule has 1 rings (SSSR count). The van der Waals surface area contributed by atoms with E-state index in [9.17, 15) is 0 Å². The van der Waals surface area contributed by atoms with E-state index in [-0.39, 0.29) is 0 Å². The summed E-state index contributed by atoms with van der Waals surface area (Å²) in [7, 11) is 1.56. The van der Waals surface area contributed by atoms with E-state index in [0.29, 0.717) is 18.3 Å². The molecule has 1 aliphatic carbocycles. The Morgan fingerprint density at radius 2 is 2.11 bits per heavy atom. The minimum absolute atomic E-state index is 0.312. The van der Waals surface area contributed by atoms with Gasteiger partial charge in [-0.05, 0) is 6.08 Å². The first kappa shape index (κ1) is 15.4. The van der Waals surface area contributed by atoms with Gasteiger partial charge in [-0.2, -0.15) is 0 Å². The summed E-state index contributed by atoms with van der Waals surface area (Å²) < 4.78 is 10.6. The Balaban J connectivity index is 2.70. The second kappa shape index (κ2) is 9.28. The minimum atomic E-state index is 0.312. The summed E-state index contributed by atoms with van der Waals surface area (Å²) in [4.78, 5) is 4.21. The van der Waals surface area contributed by atoms with Crippen molar-refractivity contribution >= 4 is 18.2 Å². The number of hydrogen-bond donors (Lipinski definition) is 0. The Morgan fingerprint density at radius 1 is 1.37 bits per heavy atom. The molecule has 0 fully saturated rings. The molecule has 102 valence electrons. The number of aliphatic imine (C=N–C) groups is 1. The summed E-state index contributed by atoms with van der Waals surface area (Å²) in [6.45, 7) is 8.04. The Hall–Kier alpha value is -1.68. The lowest BCUT2D eigenvalue weighted by Crippen LogP contribution is -2.03. The molecular weight excluding hydrogens is 258 g/mol. The van der Waals surface area contributed by atoms with Crippen molar-refractivity contribution in [1.29, 1.82) is 0 Å². The number of hydrogen-bond acceptors (Lipinski definition) is 4. The molecule has 0 aliphatic heterocycles. The van der Waals surface area contributed by atoms with Crippen LogP contribution >= 0.6 is 11.8 Å². The predicted molar refractivity (Wildman–Crippen MR) is 83.1 cm³/mol. The number of allylic oxidation sites excluding steroid dienone is 3. The van der Waals surface area contributed by atoms with Crippen molar-refractivity contribution in [3.8, 4) is 0 Å². The zero-order chi connectivity index (χ0) is 13.9. The number of ether oxygens (including phenoxy) is 2. The SMILES string of the molecule is C=CCSC(/N=C/OC)=C(/C=C)OCC1C=CC=C1. The fraction of sp³-hybridized carbons (Fsp3) is 0.267. The van der Waals surface area contributed by atoms with Crippen LogP contribution in [0.15, 0.2) is 65.4 Å². The molecule has 0 aromatic carbocycles. The van der Waals surface area contributed by atoms with Crippen molar-refractivity contribution in [2.75, 3.05) is 19.5 Å². The smallest absolute Gasteiger partial charge is 0.174 e. The van der Waals surface area contributed by atoms with Gasteiger partial charge in [0.05, 0.1) is 13.7 Å². The van der Waals surface area contributed by atoms with Crippen molar-refractivity contribution in [3.05, 3.63) is 60.4 Å². The molecule has 4 heteroatoms. The van der Waals surface area contributed by atoms with Crippen molar-refractivity contribution < 1.29 is 9.47 Å². The van der Waals surface area contributed by atoms with Gasteiger partial charge in [-0.15, -0.1) is 6.58 Å². The van der Waals surface area contributed by atoms with Gasteiger partial charge in [-0.3, -0.25) is 0 Å². The van der Waals surface area contributed by atoms with Crippen LogP contribution in [-0.2, 0) is 9.47 Å². The van der Waals surface area contributed by atoms with Gasteiger partial charge < -0.3 is 9.47 Å². The highest BCUT2D eigenvalue weighted by molar-refractivity contribution is 8.03. The van der Waals surface area contributed by atoms with Crippen LogP contribution in [0.4, 0.5) is 0 Å². The maximum absolute atomic E-state index is 5.77. The van der Waals surface area contributed by atoms with Gasteiger partial charge in [-0.25, -0.2) is 4.99 Å². The van der Waals surface area contributed by atoms with Gasteiger partial charge in [0.2, 0.25) is 0 Å². The fourth-order valence-electron chi connectivity index (χ4n) is 1.39. The normalized spacial score (nSPS) is 15.6. The maximum atomic E-state index is 5.77. The molecule has 3 nitrogen and oxygen atoms in total. The second-order valence-electron chi connectivity index (χ2n) is 3.69. The van der Waals surface area contributed by atoms with Crippen LogP contribution in [-0.4, -0.2) is 25.9 Å². The Bertz CT molecular complexity index is 410. The number of thioether (sulfide) groups is 1. The molecule has 0 unspecified atom stereocenters. The molecule has 0 atom stereocenters. The highest BCUT2D eigenvalue weighted by Gasteiger charge is 2.09. The zero-order valence-electron chi connectivity index (χ0n) is 11.1. The van der Waals surface area contributed by atoms with Crippen LogP contribution in [0.5, 0.6) is 0 Å². The number of nitrogens with zero attached hydrogens (tertiary/aromatic N) is 1. The standard InChI is InChI=1S/C15H19NO2S/c1-4-10-19-15(16-12-17-3)14(5-2)18-11-13-8-6-7-9-13/h4-9,12-13H,1-2,10-11H2,3H3/b15-14-,16-12+. The molecule has 0 N–H and O–H groups in total. The second-order valence-corrected chi connectivity index (χ2v) is 4.70. The third kappa shape index (κ3) is 5.66. The van der Waals surface area contributed by atoms with Gasteiger partial charge in [0.1, 0.15) is 5.03 Å². The highest BCUT2D eigenvalue weighted by Crippen LogP contribution is 2.24. The summed E-state index contributed by atoms with van der Waals surface area (Å²) in [6.07, 6.45) is 13.1. The van der Waals surface area contributed by atoms with Crippen LogP contribution in [0.2, 0.25) is 0 Å². The summed E-state index contributed by atoms with van der Waals surface area (Å²) >= 11 is 1.53. The summed E-state index contributed by atoms with van der Waals surface area (Å²) in [5, 5.41) is 0.739. The van der Waals surface area contributed by atoms with E-state index in [1.54, 1.807) is 13.2 Å². The quantitative estimate of drug-likeness (QED) is 0.212. The topological polar surface area (TPSA) is 30.8 Å². The molecule has 0 bridgehead atoms. The first-order chi connectivity index (χ1) is 9.31. The van der Waals surface area contributed by atoms with Crippen LogP contribution in [0.1, 0.15) is 0 Å². The van der Waals surface area contributed by atoms with E-state index in [1.165, 1.54) is 18.2 Å². The van der Waals surface area contributed by atoms with Gasteiger partial charge in [0.15, 0.2) is 12.2 Å². The van der Waals surface area contributed by atoms with E-state index < -0.39 is 0 Å². The predicted octanol–water partition coefficient (Wildman–Crippen LogP) is 3.69. The lowest BCUT2D eigenvalue weighted by molar-refractivity contribution is 0.208. The Morgan fingerprint density at radius 3 is 2.68 bits per heavy atom. The molecule has 0 amide bonds. The third-order valence-electron chi connectivity index (χ3n) is 2.27. The van der Waals surface area contributed by atoms with Crippen LogP contribution in [0, 0.1) is 5.92 Å².